The minimum absolute atomic E-state index is 0.0416. The van der Waals surface area contributed by atoms with Crippen molar-refractivity contribution in [1.82, 2.24) is 9.55 Å². The zero-order chi connectivity index (χ0) is 12.3. The van der Waals surface area contributed by atoms with Gasteiger partial charge in [-0.05, 0) is 0 Å². The van der Waals surface area contributed by atoms with Gasteiger partial charge in [-0.1, -0.05) is 30.3 Å². The lowest BCUT2D eigenvalue weighted by atomic mass is 10.2. The summed E-state index contributed by atoms with van der Waals surface area (Å²) in [4.78, 5) is 15.9. The molecular weight excluding hydrogens is 216 g/mol. The molecule has 1 aromatic heterocycles. The van der Waals surface area contributed by atoms with Crippen LogP contribution >= 0.6 is 0 Å². The van der Waals surface area contributed by atoms with Gasteiger partial charge in [0.05, 0.1) is 12.3 Å². The SMILES string of the molecule is N#CCn1c(-c2ccccc2)ncc(N)c1=O. The minimum atomic E-state index is -0.389. The molecule has 0 unspecified atom stereocenters. The van der Waals surface area contributed by atoms with E-state index in [9.17, 15) is 4.79 Å². The molecule has 0 bridgehead atoms. The summed E-state index contributed by atoms with van der Waals surface area (Å²) in [6.45, 7) is -0.0684. The number of nitrogen functional groups attached to an aromatic ring is 1. The third kappa shape index (κ3) is 2.01. The first kappa shape index (κ1) is 10.9. The fourth-order valence-corrected chi connectivity index (χ4v) is 1.54. The lowest BCUT2D eigenvalue weighted by molar-refractivity contribution is 0.777. The molecular formula is C12H10N4O. The smallest absolute Gasteiger partial charge is 0.277 e. The molecule has 84 valence electrons. The van der Waals surface area contributed by atoms with Crippen LogP contribution < -0.4 is 11.3 Å². The fourth-order valence-electron chi connectivity index (χ4n) is 1.54. The first-order valence-corrected chi connectivity index (χ1v) is 5.01. The largest absolute Gasteiger partial charge is 0.393 e. The van der Waals surface area contributed by atoms with E-state index in [1.165, 1.54) is 10.8 Å². The number of rotatable bonds is 2. The number of aromatic nitrogens is 2. The van der Waals surface area contributed by atoms with Crippen molar-refractivity contribution < 1.29 is 0 Å². The van der Waals surface area contributed by atoms with E-state index in [0.29, 0.717) is 5.82 Å². The molecule has 5 heteroatoms. The highest BCUT2D eigenvalue weighted by atomic mass is 16.1. The second-order valence-electron chi connectivity index (χ2n) is 3.45. The molecule has 5 nitrogen and oxygen atoms in total. The van der Waals surface area contributed by atoms with Gasteiger partial charge in [0, 0.05) is 5.56 Å². The molecule has 17 heavy (non-hydrogen) atoms. The Balaban J connectivity index is 2.67. The summed E-state index contributed by atoms with van der Waals surface area (Å²) >= 11 is 0. The molecule has 0 amide bonds. The van der Waals surface area contributed by atoms with E-state index in [4.69, 9.17) is 11.0 Å². The van der Waals surface area contributed by atoms with Crippen LogP contribution in [0.2, 0.25) is 0 Å². The van der Waals surface area contributed by atoms with E-state index >= 15 is 0 Å². The second-order valence-corrected chi connectivity index (χ2v) is 3.45. The van der Waals surface area contributed by atoms with Gasteiger partial charge >= 0.3 is 0 Å². The topological polar surface area (TPSA) is 84.7 Å². The maximum Gasteiger partial charge on any atom is 0.277 e. The third-order valence-corrected chi connectivity index (χ3v) is 2.33. The number of nitriles is 1. The Hall–Kier alpha value is -2.61. The molecule has 0 saturated heterocycles. The molecule has 0 saturated carbocycles. The van der Waals surface area contributed by atoms with Gasteiger partial charge in [0.15, 0.2) is 0 Å². The first-order valence-electron chi connectivity index (χ1n) is 5.01. The average Bonchev–Trinajstić information content (AvgIpc) is 2.36. The van der Waals surface area contributed by atoms with Crippen molar-refractivity contribution >= 4 is 5.69 Å². The van der Waals surface area contributed by atoms with Gasteiger partial charge in [0.25, 0.3) is 5.56 Å². The third-order valence-electron chi connectivity index (χ3n) is 2.33. The highest BCUT2D eigenvalue weighted by Crippen LogP contribution is 2.15. The molecule has 0 radical (unpaired) electrons. The van der Waals surface area contributed by atoms with E-state index in [1.54, 1.807) is 0 Å². The standard InChI is InChI=1S/C12H10N4O/c13-6-7-16-11(9-4-2-1-3-5-9)15-8-10(14)12(16)17/h1-5,8H,7,14H2. The van der Waals surface area contributed by atoms with Crippen molar-refractivity contribution in [1.29, 1.82) is 5.26 Å². The van der Waals surface area contributed by atoms with Crippen LogP contribution in [0.1, 0.15) is 0 Å². The normalized spacial score (nSPS) is 9.82. The van der Waals surface area contributed by atoms with Gasteiger partial charge < -0.3 is 5.73 Å². The van der Waals surface area contributed by atoms with Crippen LogP contribution in [0.3, 0.4) is 0 Å². The lowest BCUT2D eigenvalue weighted by Crippen LogP contribution is -2.25. The fraction of sp³-hybridized carbons (Fsp3) is 0.0833. The van der Waals surface area contributed by atoms with Crippen LogP contribution in [0.4, 0.5) is 5.69 Å². The Bertz CT molecular complexity index is 625. The molecule has 0 fully saturated rings. The van der Waals surface area contributed by atoms with Crippen molar-refractivity contribution in [3.05, 3.63) is 46.9 Å². The number of anilines is 1. The Morgan fingerprint density at radius 1 is 1.35 bits per heavy atom. The van der Waals surface area contributed by atoms with Crippen LogP contribution in [-0.4, -0.2) is 9.55 Å². The van der Waals surface area contributed by atoms with Crippen molar-refractivity contribution in [3.8, 4) is 17.5 Å². The number of hydrogen-bond acceptors (Lipinski definition) is 4. The first-order chi connectivity index (χ1) is 8.24. The number of nitrogens with two attached hydrogens (primary N) is 1. The molecule has 0 aliphatic rings. The summed E-state index contributed by atoms with van der Waals surface area (Å²) in [7, 11) is 0. The van der Waals surface area contributed by atoms with Gasteiger partial charge in [-0.25, -0.2) is 4.98 Å². The monoisotopic (exact) mass is 226 g/mol. The number of benzene rings is 1. The van der Waals surface area contributed by atoms with Crippen LogP contribution in [0.15, 0.2) is 41.3 Å². The van der Waals surface area contributed by atoms with E-state index in [-0.39, 0.29) is 17.8 Å². The summed E-state index contributed by atoms with van der Waals surface area (Å²) in [6.07, 6.45) is 1.32. The number of hydrogen-bond donors (Lipinski definition) is 1. The maximum atomic E-state index is 11.8. The Morgan fingerprint density at radius 3 is 2.71 bits per heavy atom. The van der Waals surface area contributed by atoms with Crippen molar-refractivity contribution in [2.45, 2.75) is 6.54 Å². The van der Waals surface area contributed by atoms with Crippen molar-refractivity contribution in [3.63, 3.8) is 0 Å². The van der Waals surface area contributed by atoms with E-state index in [2.05, 4.69) is 4.98 Å². The molecule has 0 aliphatic carbocycles. The predicted molar refractivity (Wildman–Crippen MR) is 64.0 cm³/mol. The summed E-state index contributed by atoms with van der Waals surface area (Å²) < 4.78 is 1.27. The van der Waals surface area contributed by atoms with Crippen molar-refractivity contribution in [2.75, 3.05) is 5.73 Å². The van der Waals surface area contributed by atoms with Gasteiger partial charge in [0.2, 0.25) is 0 Å². The molecule has 0 atom stereocenters. The van der Waals surface area contributed by atoms with Crippen LogP contribution in [0.5, 0.6) is 0 Å². The summed E-state index contributed by atoms with van der Waals surface area (Å²) in [6, 6.07) is 11.1. The quantitative estimate of drug-likeness (QED) is 0.828. The second kappa shape index (κ2) is 4.49. The summed E-state index contributed by atoms with van der Waals surface area (Å²) in [5.74, 6) is 0.450. The molecule has 1 aromatic carbocycles. The minimum Gasteiger partial charge on any atom is -0.393 e. The lowest BCUT2D eigenvalue weighted by Gasteiger charge is -2.09. The Kier molecular flexibility index (Phi) is 2.88. The van der Waals surface area contributed by atoms with Crippen LogP contribution in [-0.2, 0) is 6.54 Å². The molecule has 0 aliphatic heterocycles. The molecule has 2 aromatic rings. The summed E-state index contributed by atoms with van der Waals surface area (Å²) in [5, 5.41) is 8.73. The number of nitrogens with zero attached hydrogens (tertiary/aromatic N) is 3. The van der Waals surface area contributed by atoms with Gasteiger partial charge in [-0.3, -0.25) is 9.36 Å². The Morgan fingerprint density at radius 2 is 2.06 bits per heavy atom. The van der Waals surface area contributed by atoms with E-state index < -0.39 is 0 Å². The van der Waals surface area contributed by atoms with Gasteiger partial charge in [0.1, 0.15) is 18.1 Å². The predicted octanol–water partition coefficient (Wildman–Crippen LogP) is 1.02. The van der Waals surface area contributed by atoms with Gasteiger partial charge in [-0.15, -0.1) is 0 Å². The van der Waals surface area contributed by atoms with E-state index in [1.807, 2.05) is 36.4 Å². The zero-order valence-corrected chi connectivity index (χ0v) is 9.00. The molecule has 2 N–H and O–H groups in total. The van der Waals surface area contributed by atoms with Gasteiger partial charge in [-0.2, -0.15) is 5.26 Å². The van der Waals surface area contributed by atoms with Crippen LogP contribution in [0, 0.1) is 11.3 Å². The molecule has 0 spiro atoms. The van der Waals surface area contributed by atoms with Crippen LogP contribution in [0.25, 0.3) is 11.4 Å². The Labute approximate surface area is 97.8 Å². The average molecular weight is 226 g/mol. The van der Waals surface area contributed by atoms with Crippen molar-refractivity contribution in [2.24, 2.45) is 0 Å². The molecule has 1 heterocycles. The maximum absolute atomic E-state index is 11.8. The summed E-state index contributed by atoms with van der Waals surface area (Å²) in [5.41, 5.74) is 5.92. The highest BCUT2D eigenvalue weighted by molar-refractivity contribution is 5.56. The van der Waals surface area contributed by atoms with E-state index in [0.717, 1.165) is 5.56 Å². The molecule has 2 rings (SSSR count). The highest BCUT2D eigenvalue weighted by Gasteiger charge is 2.09. The zero-order valence-electron chi connectivity index (χ0n) is 9.00.